The lowest BCUT2D eigenvalue weighted by Crippen LogP contribution is -2.30. The average Bonchev–Trinajstić information content (AvgIpc) is 2.84. The highest BCUT2D eigenvalue weighted by atomic mass is 32.2. The maximum atomic E-state index is 13.5. The molecule has 9 nitrogen and oxygen atoms in total. The average molecular weight is 498 g/mol. The number of hydrogen-bond acceptors (Lipinski definition) is 6. The monoisotopic (exact) mass is 497 g/mol. The fourth-order valence-electron chi connectivity index (χ4n) is 3.93. The van der Waals surface area contributed by atoms with Crippen LogP contribution in [0.25, 0.3) is 0 Å². The zero-order valence-electron chi connectivity index (χ0n) is 18.2. The summed E-state index contributed by atoms with van der Waals surface area (Å²) in [4.78, 5) is 24.9. The van der Waals surface area contributed by atoms with E-state index < -0.39 is 27.7 Å². The Kier molecular flexibility index (Phi) is 5.77. The number of hydrogen-bond donors (Lipinski definition) is 3. The first-order valence-electron chi connectivity index (χ1n) is 10.7. The smallest absolute Gasteiger partial charge is 0.262 e. The van der Waals surface area contributed by atoms with E-state index in [1.807, 2.05) is 0 Å². The third-order valence-electron chi connectivity index (χ3n) is 5.60. The van der Waals surface area contributed by atoms with Crippen LogP contribution >= 0.6 is 0 Å². The molecule has 0 aromatic heterocycles. The van der Waals surface area contributed by atoms with Crippen molar-refractivity contribution in [1.29, 1.82) is 0 Å². The Hall–Kier alpha value is -4.12. The van der Waals surface area contributed by atoms with E-state index in [-0.39, 0.29) is 28.6 Å². The summed E-state index contributed by atoms with van der Waals surface area (Å²) >= 11 is 0. The first-order valence-corrected chi connectivity index (χ1v) is 12.2. The van der Waals surface area contributed by atoms with Gasteiger partial charge in [-0.05, 0) is 54.1 Å². The minimum absolute atomic E-state index is 0.0183. The third-order valence-corrected chi connectivity index (χ3v) is 6.98. The van der Waals surface area contributed by atoms with Crippen LogP contribution in [0.4, 0.5) is 21.5 Å². The van der Waals surface area contributed by atoms with E-state index in [1.54, 1.807) is 6.07 Å². The van der Waals surface area contributed by atoms with Crippen molar-refractivity contribution >= 4 is 38.9 Å². The minimum Gasteiger partial charge on any atom is -0.486 e. The molecule has 0 saturated heterocycles. The summed E-state index contributed by atoms with van der Waals surface area (Å²) in [5.41, 5.74) is 1.49. The summed E-state index contributed by atoms with van der Waals surface area (Å²) in [6.07, 6.45) is -0.0715. The normalized spacial score (nSPS) is 16.6. The summed E-state index contributed by atoms with van der Waals surface area (Å²) in [6.45, 7) is 0.740. The van der Waals surface area contributed by atoms with Gasteiger partial charge in [0.2, 0.25) is 11.8 Å². The number of amides is 2. The van der Waals surface area contributed by atoms with E-state index in [2.05, 4.69) is 15.4 Å². The van der Waals surface area contributed by atoms with E-state index in [9.17, 15) is 22.4 Å². The molecule has 11 heteroatoms. The summed E-state index contributed by atoms with van der Waals surface area (Å²) < 4.78 is 52.4. The second kappa shape index (κ2) is 8.91. The fraction of sp³-hybridized carbons (Fsp3) is 0.167. The Morgan fingerprint density at radius 3 is 2.43 bits per heavy atom. The van der Waals surface area contributed by atoms with Gasteiger partial charge in [0.1, 0.15) is 19.0 Å². The van der Waals surface area contributed by atoms with Crippen molar-refractivity contribution in [3.05, 3.63) is 72.0 Å². The molecular weight excluding hydrogens is 477 g/mol. The zero-order valence-corrected chi connectivity index (χ0v) is 19.0. The zero-order chi connectivity index (χ0) is 24.6. The number of halogens is 1. The number of rotatable bonds is 5. The number of ether oxygens (including phenoxy) is 2. The molecule has 0 bridgehead atoms. The SMILES string of the molecule is O=C1C[C@@H](C(=O)Nc2ccc(NS(=O)(=O)c3ccc4c(c3)OCCO4)cc2)c2ccc(F)cc2N1. The van der Waals surface area contributed by atoms with Crippen molar-refractivity contribution in [2.24, 2.45) is 0 Å². The number of carbonyl (C=O) groups excluding carboxylic acids is 2. The summed E-state index contributed by atoms with van der Waals surface area (Å²) in [6, 6.07) is 14.3. The van der Waals surface area contributed by atoms with E-state index >= 15 is 0 Å². The molecule has 3 aromatic rings. The number of fused-ring (bicyclic) bond motifs is 2. The predicted octanol–water partition coefficient (Wildman–Crippen LogP) is 3.46. The standard InChI is InChI=1S/C24H20FN3O6S/c25-14-1-7-18-19(13-23(29)27-20(18)11-14)24(30)26-15-2-4-16(5-3-15)28-35(31,32)17-6-8-21-22(12-17)34-10-9-33-21/h1-8,11-12,19,28H,9-10,13H2,(H,26,30)(H,27,29)/t19-/m1/s1. The van der Waals surface area contributed by atoms with Crippen LogP contribution in [-0.4, -0.2) is 33.4 Å². The number of anilines is 3. The highest BCUT2D eigenvalue weighted by molar-refractivity contribution is 7.92. The molecule has 5 rings (SSSR count). The van der Waals surface area contributed by atoms with Crippen molar-refractivity contribution in [2.75, 3.05) is 28.6 Å². The van der Waals surface area contributed by atoms with Crippen LogP contribution in [0.1, 0.15) is 17.9 Å². The number of nitrogens with one attached hydrogen (secondary N) is 3. The van der Waals surface area contributed by atoms with Crippen molar-refractivity contribution in [2.45, 2.75) is 17.2 Å². The molecule has 2 aliphatic rings. The fourth-order valence-corrected chi connectivity index (χ4v) is 5.00. The van der Waals surface area contributed by atoms with E-state index in [0.717, 1.165) is 0 Å². The van der Waals surface area contributed by atoms with Crippen molar-refractivity contribution < 1.29 is 31.9 Å². The molecule has 0 radical (unpaired) electrons. The van der Waals surface area contributed by atoms with Gasteiger partial charge in [-0.15, -0.1) is 0 Å². The van der Waals surface area contributed by atoms with Crippen LogP contribution in [0.3, 0.4) is 0 Å². The Labute approximate surface area is 200 Å². The molecule has 2 heterocycles. The van der Waals surface area contributed by atoms with Crippen LogP contribution in [0.5, 0.6) is 11.5 Å². The topological polar surface area (TPSA) is 123 Å². The minimum atomic E-state index is -3.89. The number of carbonyl (C=O) groups is 2. The highest BCUT2D eigenvalue weighted by Crippen LogP contribution is 2.34. The maximum absolute atomic E-state index is 13.5. The van der Waals surface area contributed by atoms with Crippen LogP contribution in [0.2, 0.25) is 0 Å². The quantitative estimate of drug-likeness (QED) is 0.496. The van der Waals surface area contributed by atoms with Crippen LogP contribution in [-0.2, 0) is 19.6 Å². The van der Waals surface area contributed by atoms with E-state index in [4.69, 9.17) is 9.47 Å². The van der Waals surface area contributed by atoms with E-state index in [0.29, 0.717) is 36.0 Å². The number of sulfonamides is 1. The molecule has 180 valence electrons. The molecule has 0 aliphatic carbocycles. The van der Waals surface area contributed by atoms with Gasteiger partial charge in [-0.25, -0.2) is 12.8 Å². The van der Waals surface area contributed by atoms with Crippen molar-refractivity contribution in [3.8, 4) is 11.5 Å². The lowest BCUT2D eigenvalue weighted by molar-refractivity contribution is -0.123. The molecule has 3 aromatic carbocycles. The Morgan fingerprint density at radius 1 is 0.943 bits per heavy atom. The molecule has 0 unspecified atom stereocenters. The predicted molar refractivity (Wildman–Crippen MR) is 126 cm³/mol. The van der Waals surface area contributed by atoms with Crippen molar-refractivity contribution in [1.82, 2.24) is 0 Å². The molecular formula is C24H20FN3O6S. The summed E-state index contributed by atoms with van der Waals surface area (Å²) in [5, 5.41) is 5.29. The van der Waals surface area contributed by atoms with Gasteiger partial charge in [-0.3, -0.25) is 14.3 Å². The third kappa shape index (κ3) is 4.76. The lowest BCUT2D eigenvalue weighted by atomic mass is 9.89. The molecule has 2 amide bonds. The molecule has 0 spiro atoms. The summed E-state index contributed by atoms with van der Waals surface area (Å²) in [7, 11) is -3.89. The van der Waals surface area contributed by atoms with Gasteiger partial charge >= 0.3 is 0 Å². The molecule has 0 saturated carbocycles. The largest absolute Gasteiger partial charge is 0.486 e. The lowest BCUT2D eigenvalue weighted by Gasteiger charge is -2.25. The first kappa shape index (κ1) is 22.7. The van der Waals surface area contributed by atoms with Gasteiger partial charge in [0.25, 0.3) is 10.0 Å². The van der Waals surface area contributed by atoms with Crippen LogP contribution in [0.15, 0.2) is 65.6 Å². The van der Waals surface area contributed by atoms with Gasteiger partial charge in [0, 0.05) is 29.5 Å². The Bertz CT molecular complexity index is 1430. The van der Waals surface area contributed by atoms with Crippen molar-refractivity contribution in [3.63, 3.8) is 0 Å². The molecule has 0 fully saturated rings. The molecule has 3 N–H and O–H groups in total. The van der Waals surface area contributed by atoms with Gasteiger partial charge in [-0.2, -0.15) is 0 Å². The maximum Gasteiger partial charge on any atom is 0.262 e. The van der Waals surface area contributed by atoms with Gasteiger partial charge < -0.3 is 20.1 Å². The van der Waals surface area contributed by atoms with Crippen LogP contribution < -0.4 is 24.8 Å². The first-order chi connectivity index (χ1) is 16.8. The highest BCUT2D eigenvalue weighted by Gasteiger charge is 2.31. The Balaban J connectivity index is 1.28. The number of benzene rings is 3. The Morgan fingerprint density at radius 2 is 1.66 bits per heavy atom. The van der Waals surface area contributed by atoms with E-state index in [1.165, 1.54) is 54.6 Å². The summed E-state index contributed by atoms with van der Waals surface area (Å²) in [5.74, 6) is -1.27. The van der Waals surface area contributed by atoms with Gasteiger partial charge in [0.05, 0.1) is 10.8 Å². The van der Waals surface area contributed by atoms with Gasteiger partial charge in [0.15, 0.2) is 11.5 Å². The second-order valence-electron chi connectivity index (χ2n) is 8.01. The molecule has 2 aliphatic heterocycles. The van der Waals surface area contributed by atoms with Crippen LogP contribution in [0, 0.1) is 5.82 Å². The molecule has 1 atom stereocenters. The molecule has 35 heavy (non-hydrogen) atoms. The second-order valence-corrected chi connectivity index (χ2v) is 9.70. The van der Waals surface area contributed by atoms with Gasteiger partial charge in [-0.1, -0.05) is 6.07 Å².